The van der Waals surface area contributed by atoms with Crippen molar-refractivity contribution in [1.29, 1.82) is 0 Å². The largest absolute Gasteiger partial charge is 0.457 e. The van der Waals surface area contributed by atoms with E-state index in [2.05, 4.69) is 4.90 Å². The number of hydrogen-bond acceptors (Lipinski definition) is 8. The maximum Gasteiger partial charge on any atom is 0.241 e. The zero-order valence-electron chi connectivity index (χ0n) is 21.3. The second-order valence-electron chi connectivity index (χ2n) is 9.43. The molecule has 3 aromatic carbocycles. The summed E-state index contributed by atoms with van der Waals surface area (Å²) in [4.78, 5) is 23.4. The van der Waals surface area contributed by atoms with Crippen molar-refractivity contribution in [2.24, 2.45) is 0 Å². The Morgan fingerprint density at radius 2 is 1.64 bits per heavy atom. The Labute approximate surface area is 237 Å². The molecule has 0 aliphatic carbocycles. The molecule has 0 atom stereocenters. The molecule has 0 N–H and O–H groups in total. The molecular formula is C28H28ClN3O5S2. The van der Waals surface area contributed by atoms with Crippen molar-refractivity contribution >= 4 is 54.8 Å². The van der Waals surface area contributed by atoms with Crippen molar-refractivity contribution in [3.05, 3.63) is 77.9 Å². The number of para-hydroxylation sites is 3. The number of fused-ring (bicyclic) bond motifs is 3. The summed E-state index contributed by atoms with van der Waals surface area (Å²) < 4.78 is 37.3. The Hall–Kier alpha value is -3.02. The third-order valence-corrected chi connectivity index (χ3v) is 9.11. The summed E-state index contributed by atoms with van der Waals surface area (Å²) in [6, 6.07) is 20.3. The first-order chi connectivity index (χ1) is 18.4. The molecule has 2 aliphatic rings. The van der Waals surface area contributed by atoms with E-state index in [1.54, 1.807) is 17.0 Å². The van der Waals surface area contributed by atoms with Gasteiger partial charge in [0.1, 0.15) is 17.0 Å². The highest BCUT2D eigenvalue weighted by molar-refractivity contribution is 7.91. The van der Waals surface area contributed by atoms with E-state index in [9.17, 15) is 13.2 Å². The van der Waals surface area contributed by atoms with E-state index in [0.29, 0.717) is 48.5 Å². The van der Waals surface area contributed by atoms with Crippen molar-refractivity contribution in [1.82, 2.24) is 9.88 Å². The summed E-state index contributed by atoms with van der Waals surface area (Å²) in [6.07, 6.45) is 1.18. The number of halogens is 1. The summed E-state index contributed by atoms with van der Waals surface area (Å²) >= 11 is 1.33. The van der Waals surface area contributed by atoms with Gasteiger partial charge in [0.25, 0.3) is 0 Å². The van der Waals surface area contributed by atoms with Gasteiger partial charge in [-0.15, -0.1) is 12.4 Å². The molecule has 8 nitrogen and oxygen atoms in total. The highest BCUT2D eigenvalue weighted by Gasteiger charge is 2.37. The van der Waals surface area contributed by atoms with Gasteiger partial charge in [0.05, 0.1) is 28.7 Å². The Bertz CT molecular complexity index is 1570. The topological polar surface area (TPSA) is 89.0 Å². The number of rotatable bonds is 6. The molecular weight excluding hydrogens is 558 g/mol. The van der Waals surface area contributed by atoms with Crippen molar-refractivity contribution in [2.45, 2.75) is 10.8 Å². The van der Waals surface area contributed by atoms with Gasteiger partial charge in [-0.05, 0) is 24.3 Å². The molecule has 0 bridgehead atoms. The Balaban J connectivity index is 0.00000308. The summed E-state index contributed by atoms with van der Waals surface area (Å²) in [5.41, 5.74) is 1.99. The number of carbonyl (C=O) groups excluding carboxylic acids is 1. The monoisotopic (exact) mass is 585 g/mol. The minimum Gasteiger partial charge on any atom is -0.457 e. The van der Waals surface area contributed by atoms with Gasteiger partial charge < -0.3 is 9.47 Å². The van der Waals surface area contributed by atoms with Crippen LogP contribution in [0.4, 0.5) is 5.13 Å². The van der Waals surface area contributed by atoms with Gasteiger partial charge in [-0.3, -0.25) is 14.6 Å². The SMILES string of the molecule is CS(=O)(=O)c1cccc2sc(N(CCN3CCOCC3)C(=O)C3c4ccccc4Oc4ccccc43)nc12.Cl. The molecule has 1 fully saturated rings. The van der Waals surface area contributed by atoms with E-state index in [4.69, 9.17) is 14.5 Å². The van der Waals surface area contributed by atoms with Gasteiger partial charge in [-0.25, -0.2) is 13.4 Å². The quantitative estimate of drug-likeness (QED) is 0.323. The molecule has 1 amide bonds. The van der Waals surface area contributed by atoms with Crippen molar-refractivity contribution in [3.8, 4) is 11.5 Å². The van der Waals surface area contributed by atoms with Gasteiger partial charge in [0.15, 0.2) is 15.0 Å². The molecule has 0 spiro atoms. The lowest BCUT2D eigenvalue weighted by Gasteiger charge is -2.33. The zero-order chi connectivity index (χ0) is 26.3. The second-order valence-corrected chi connectivity index (χ2v) is 12.4. The van der Waals surface area contributed by atoms with Crippen LogP contribution >= 0.6 is 23.7 Å². The summed E-state index contributed by atoms with van der Waals surface area (Å²) in [7, 11) is -3.49. The number of thiazole rings is 1. The first kappa shape index (κ1) is 27.5. The third kappa shape index (κ3) is 5.39. The van der Waals surface area contributed by atoms with Crippen LogP contribution in [0.25, 0.3) is 10.2 Å². The number of aromatic nitrogens is 1. The number of sulfone groups is 1. The predicted octanol–water partition coefficient (Wildman–Crippen LogP) is 4.72. The lowest BCUT2D eigenvalue weighted by Crippen LogP contribution is -2.44. The summed E-state index contributed by atoms with van der Waals surface area (Å²) in [6.45, 7) is 3.97. The molecule has 204 valence electrons. The minimum absolute atomic E-state index is 0. The maximum absolute atomic E-state index is 14.5. The van der Waals surface area contributed by atoms with E-state index < -0.39 is 15.8 Å². The van der Waals surface area contributed by atoms with Crippen LogP contribution in [-0.4, -0.2) is 69.9 Å². The number of carbonyl (C=O) groups is 1. The fourth-order valence-electron chi connectivity index (χ4n) is 5.02. The number of hydrogen-bond donors (Lipinski definition) is 0. The normalized spacial score (nSPS) is 15.6. The number of morpholine rings is 1. The molecule has 0 radical (unpaired) electrons. The van der Waals surface area contributed by atoms with Crippen LogP contribution in [0.2, 0.25) is 0 Å². The molecule has 0 saturated carbocycles. The average Bonchev–Trinajstić information content (AvgIpc) is 3.35. The standard InChI is InChI=1S/C28H27N3O5S2.ClH/c1-38(33,34)24-12-6-11-23-26(24)29-28(37-23)31(14-13-30-15-17-35-18-16-30)27(32)25-19-7-2-4-9-21(19)36-22-10-5-3-8-20(22)25;/h2-12,25H,13-18H2,1H3;1H. The first-order valence-corrected chi connectivity index (χ1v) is 15.2. The van der Waals surface area contributed by atoms with Crippen molar-refractivity contribution < 1.29 is 22.7 Å². The number of ether oxygens (including phenoxy) is 2. The predicted molar refractivity (Wildman–Crippen MR) is 154 cm³/mol. The summed E-state index contributed by atoms with van der Waals surface area (Å²) in [5, 5.41) is 0.482. The van der Waals surface area contributed by atoms with E-state index in [-0.39, 0.29) is 23.2 Å². The number of anilines is 1. The van der Waals surface area contributed by atoms with Crippen LogP contribution < -0.4 is 9.64 Å². The van der Waals surface area contributed by atoms with Gasteiger partial charge in [-0.2, -0.15) is 0 Å². The average molecular weight is 586 g/mol. The van der Waals surface area contributed by atoms with Gasteiger partial charge >= 0.3 is 0 Å². The van der Waals surface area contributed by atoms with Crippen LogP contribution in [0.15, 0.2) is 71.6 Å². The smallest absolute Gasteiger partial charge is 0.241 e. The lowest BCUT2D eigenvalue weighted by molar-refractivity contribution is -0.119. The molecule has 0 unspecified atom stereocenters. The number of benzene rings is 3. The second kappa shape index (κ2) is 11.2. The van der Waals surface area contributed by atoms with Crippen LogP contribution in [0.5, 0.6) is 11.5 Å². The van der Waals surface area contributed by atoms with Crippen LogP contribution in [0, 0.1) is 0 Å². The molecule has 1 aromatic heterocycles. The minimum atomic E-state index is -3.49. The Morgan fingerprint density at radius 1 is 1.00 bits per heavy atom. The molecule has 2 aliphatic heterocycles. The first-order valence-electron chi connectivity index (χ1n) is 12.5. The van der Waals surface area contributed by atoms with E-state index >= 15 is 0 Å². The van der Waals surface area contributed by atoms with Crippen LogP contribution in [-0.2, 0) is 19.4 Å². The van der Waals surface area contributed by atoms with Crippen molar-refractivity contribution in [3.63, 3.8) is 0 Å². The third-order valence-electron chi connectivity index (χ3n) is 6.94. The molecule has 11 heteroatoms. The summed E-state index contributed by atoms with van der Waals surface area (Å²) in [5.74, 6) is 0.603. The van der Waals surface area contributed by atoms with Crippen LogP contribution in [0.1, 0.15) is 17.0 Å². The maximum atomic E-state index is 14.5. The molecule has 4 aromatic rings. The highest BCUT2D eigenvalue weighted by atomic mass is 35.5. The Kier molecular flexibility index (Phi) is 7.93. The highest BCUT2D eigenvalue weighted by Crippen LogP contribution is 2.45. The fourth-order valence-corrected chi connectivity index (χ4v) is 6.95. The number of nitrogens with zero attached hydrogens (tertiary/aromatic N) is 3. The Morgan fingerprint density at radius 3 is 2.28 bits per heavy atom. The van der Waals surface area contributed by atoms with Gasteiger partial charge in [-0.1, -0.05) is 53.8 Å². The molecule has 39 heavy (non-hydrogen) atoms. The lowest BCUT2D eigenvalue weighted by atomic mass is 9.87. The van der Waals surface area contributed by atoms with Gasteiger partial charge in [0.2, 0.25) is 5.91 Å². The number of amides is 1. The van der Waals surface area contributed by atoms with Crippen molar-refractivity contribution in [2.75, 3.05) is 50.5 Å². The fraction of sp³-hybridized carbons (Fsp3) is 0.286. The molecule has 1 saturated heterocycles. The van der Waals surface area contributed by atoms with E-state index in [0.717, 1.165) is 28.9 Å². The van der Waals surface area contributed by atoms with E-state index in [1.165, 1.54) is 17.6 Å². The molecule has 3 heterocycles. The zero-order valence-corrected chi connectivity index (χ0v) is 23.7. The van der Waals surface area contributed by atoms with E-state index in [1.807, 2.05) is 54.6 Å². The van der Waals surface area contributed by atoms with Gasteiger partial charge in [0, 0.05) is 43.6 Å². The van der Waals surface area contributed by atoms with Crippen LogP contribution in [0.3, 0.4) is 0 Å². The molecule has 6 rings (SSSR count).